The second kappa shape index (κ2) is 8.73. The standard InChI is InChI=1S/C22H22FN3O4/c23-17-4-2-1-3-16(17)19-18(20(27)15-5-7-24-8-6-15)21(28)22(29)26(19)10-9-25-11-13-30-14-12-25/h1-8,19,27H,9-14H2. The molecule has 0 spiro atoms. The second-order valence-corrected chi connectivity index (χ2v) is 7.20. The number of pyridine rings is 1. The highest BCUT2D eigenvalue weighted by atomic mass is 19.1. The molecular weight excluding hydrogens is 389 g/mol. The predicted molar refractivity (Wildman–Crippen MR) is 107 cm³/mol. The SMILES string of the molecule is O=C1C(=O)N(CCN2CCOCC2)C(c2ccccc2F)C1=C(O)c1ccncc1. The molecule has 0 aliphatic carbocycles. The second-order valence-electron chi connectivity index (χ2n) is 7.20. The van der Waals surface area contributed by atoms with Gasteiger partial charge in [0.05, 0.1) is 24.8 Å². The summed E-state index contributed by atoms with van der Waals surface area (Å²) in [6.07, 6.45) is 2.95. The van der Waals surface area contributed by atoms with Gasteiger partial charge >= 0.3 is 0 Å². The van der Waals surface area contributed by atoms with Crippen LogP contribution in [0.5, 0.6) is 0 Å². The molecule has 2 saturated heterocycles. The third kappa shape index (κ3) is 3.83. The maximum Gasteiger partial charge on any atom is 0.295 e. The predicted octanol–water partition coefficient (Wildman–Crippen LogP) is 1.97. The minimum Gasteiger partial charge on any atom is -0.507 e. The van der Waals surface area contributed by atoms with Crippen molar-refractivity contribution in [2.75, 3.05) is 39.4 Å². The Labute approximate surface area is 173 Å². The number of benzene rings is 1. The number of hydrogen-bond donors (Lipinski definition) is 1. The van der Waals surface area contributed by atoms with E-state index in [-0.39, 0.29) is 23.4 Å². The molecule has 1 N–H and O–H groups in total. The Morgan fingerprint density at radius 1 is 1.10 bits per heavy atom. The highest BCUT2D eigenvalue weighted by Crippen LogP contribution is 2.40. The van der Waals surface area contributed by atoms with Crippen molar-refractivity contribution in [1.82, 2.24) is 14.8 Å². The van der Waals surface area contributed by atoms with Crippen molar-refractivity contribution >= 4 is 17.4 Å². The fourth-order valence-electron chi connectivity index (χ4n) is 3.87. The summed E-state index contributed by atoms with van der Waals surface area (Å²) >= 11 is 0. The first-order chi connectivity index (χ1) is 14.6. The van der Waals surface area contributed by atoms with Crippen LogP contribution in [-0.4, -0.2) is 71.0 Å². The quantitative estimate of drug-likeness (QED) is 0.460. The van der Waals surface area contributed by atoms with Crippen LogP contribution in [-0.2, 0) is 14.3 Å². The van der Waals surface area contributed by atoms with Crippen LogP contribution in [0, 0.1) is 5.82 Å². The van der Waals surface area contributed by atoms with Crippen molar-refractivity contribution in [3.05, 3.63) is 71.3 Å². The van der Waals surface area contributed by atoms with E-state index in [1.165, 1.54) is 41.6 Å². The summed E-state index contributed by atoms with van der Waals surface area (Å²) < 4.78 is 20.1. The number of halogens is 1. The van der Waals surface area contributed by atoms with E-state index in [1.807, 2.05) is 0 Å². The number of rotatable bonds is 5. The summed E-state index contributed by atoms with van der Waals surface area (Å²) in [5, 5.41) is 10.9. The molecule has 1 aromatic heterocycles. The first kappa shape index (κ1) is 20.2. The van der Waals surface area contributed by atoms with Gasteiger partial charge in [-0.2, -0.15) is 0 Å². The lowest BCUT2D eigenvalue weighted by molar-refractivity contribution is -0.140. The lowest BCUT2D eigenvalue weighted by Gasteiger charge is -2.31. The number of likely N-dealkylation sites (tertiary alicyclic amines) is 1. The molecule has 156 valence electrons. The third-order valence-electron chi connectivity index (χ3n) is 5.45. The molecule has 1 amide bonds. The van der Waals surface area contributed by atoms with E-state index >= 15 is 0 Å². The lowest BCUT2D eigenvalue weighted by atomic mass is 9.95. The zero-order chi connectivity index (χ0) is 21.1. The van der Waals surface area contributed by atoms with Crippen molar-refractivity contribution in [3.63, 3.8) is 0 Å². The Morgan fingerprint density at radius 2 is 1.80 bits per heavy atom. The lowest BCUT2D eigenvalue weighted by Crippen LogP contribution is -2.42. The van der Waals surface area contributed by atoms with Crippen LogP contribution >= 0.6 is 0 Å². The van der Waals surface area contributed by atoms with Crippen LogP contribution in [0.2, 0.25) is 0 Å². The average Bonchev–Trinajstić information content (AvgIpc) is 3.03. The number of aliphatic hydroxyl groups is 1. The van der Waals surface area contributed by atoms with Crippen molar-refractivity contribution < 1.29 is 23.8 Å². The maximum atomic E-state index is 14.7. The number of aliphatic hydroxyl groups excluding tert-OH is 1. The average molecular weight is 411 g/mol. The normalized spacial score (nSPS) is 21.9. The van der Waals surface area contributed by atoms with E-state index < -0.39 is 23.5 Å². The molecule has 1 unspecified atom stereocenters. The van der Waals surface area contributed by atoms with Crippen LogP contribution in [0.25, 0.3) is 5.76 Å². The van der Waals surface area contributed by atoms with Gasteiger partial charge in [0.1, 0.15) is 11.6 Å². The summed E-state index contributed by atoms with van der Waals surface area (Å²) in [6.45, 7) is 3.43. The zero-order valence-corrected chi connectivity index (χ0v) is 16.3. The minimum atomic E-state index is -1.000. The fraction of sp³-hybridized carbons (Fsp3) is 0.318. The van der Waals surface area contributed by atoms with Gasteiger partial charge in [-0.25, -0.2) is 4.39 Å². The summed E-state index contributed by atoms with van der Waals surface area (Å²) in [5.41, 5.74) is 0.407. The van der Waals surface area contributed by atoms with Crippen LogP contribution in [0.15, 0.2) is 54.4 Å². The molecule has 2 aliphatic heterocycles. The summed E-state index contributed by atoms with van der Waals surface area (Å²) in [4.78, 5) is 33.2. The Bertz CT molecular complexity index is 973. The van der Waals surface area contributed by atoms with E-state index in [9.17, 15) is 19.1 Å². The van der Waals surface area contributed by atoms with Gasteiger partial charge in [-0.15, -0.1) is 0 Å². The number of carbonyl (C=O) groups is 2. The number of carbonyl (C=O) groups excluding carboxylic acids is 2. The molecule has 3 heterocycles. The fourth-order valence-corrected chi connectivity index (χ4v) is 3.87. The molecule has 1 aromatic carbocycles. The molecule has 7 nitrogen and oxygen atoms in total. The van der Waals surface area contributed by atoms with Crippen molar-refractivity contribution in [3.8, 4) is 0 Å². The maximum absolute atomic E-state index is 14.7. The van der Waals surface area contributed by atoms with E-state index in [0.29, 0.717) is 25.3 Å². The van der Waals surface area contributed by atoms with Crippen LogP contribution < -0.4 is 0 Å². The van der Waals surface area contributed by atoms with Gasteiger partial charge < -0.3 is 14.7 Å². The van der Waals surface area contributed by atoms with Gasteiger partial charge in [0, 0.05) is 49.7 Å². The molecule has 2 fully saturated rings. The third-order valence-corrected chi connectivity index (χ3v) is 5.45. The number of morpholine rings is 1. The van der Waals surface area contributed by atoms with Gasteiger partial charge in [-0.05, 0) is 18.2 Å². The molecule has 8 heteroatoms. The Kier molecular flexibility index (Phi) is 5.87. The molecule has 0 radical (unpaired) electrons. The molecule has 0 saturated carbocycles. The topological polar surface area (TPSA) is 83.0 Å². The number of ketones is 1. The first-order valence-electron chi connectivity index (χ1n) is 9.81. The van der Waals surface area contributed by atoms with Crippen molar-refractivity contribution in [2.24, 2.45) is 0 Å². The minimum absolute atomic E-state index is 0.113. The Hall–Kier alpha value is -3.10. The number of amides is 1. The van der Waals surface area contributed by atoms with E-state index in [4.69, 9.17) is 4.74 Å². The molecule has 0 bridgehead atoms. The number of hydrogen-bond acceptors (Lipinski definition) is 6. The van der Waals surface area contributed by atoms with E-state index in [0.717, 1.165) is 13.1 Å². The van der Waals surface area contributed by atoms with Crippen LogP contribution in [0.4, 0.5) is 4.39 Å². The van der Waals surface area contributed by atoms with E-state index in [1.54, 1.807) is 12.1 Å². The molecule has 2 aliphatic rings. The molecule has 1 atom stereocenters. The molecule has 30 heavy (non-hydrogen) atoms. The highest BCUT2D eigenvalue weighted by molar-refractivity contribution is 6.46. The summed E-state index contributed by atoms with van der Waals surface area (Å²) in [6, 6.07) is 8.08. The van der Waals surface area contributed by atoms with E-state index in [2.05, 4.69) is 9.88 Å². The largest absolute Gasteiger partial charge is 0.507 e. The number of Topliss-reactive ketones (excluding diaryl/α,β-unsaturated/α-hetero) is 1. The van der Waals surface area contributed by atoms with Crippen molar-refractivity contribution in [1.29, 1.82) is 0 Å². The van der Waals surface area contributed by atoms with Crippen LogP contribution in [0.1, 0.15) is 17.2 Å². The Morgan fingerprint density at radius 3 is 2.50 bits per heavy atom. The summed E-state index contributed by atoms with van der Waals surface area (Å²) in [5.74, 6) is -2.44. The van der Waals surface area contributed by atoms with Gasteiger partial charge in [-0.3, -0.25) is 19.5 Å². The van der Waals surface area contributed by atoms with Gasteiger partial charge in [0.2, 0.25) is 0 Å². The van der Waals surface area contributed by atoms with Gasteiger partial charge in [0.25, 0.3) is 11.7 Å². The van der Waals surface area contributed by atoms with Gasteiger partial charge in [0.15, 0.2) is 0 Å². The highest BCUT2D eigenvalue weighted by Gasteiger charge is 2.46. The smallest absolute Gasteiger partial charge is 0.295 e. The number of nitrogens with zero attached hydrogens (tertiary/aromatic N) is 3. The number of ether oxygens (including phenoxy) is 1. The molecule has 2 aromatic rings. The summed E-state index contributed by atoms with van der Waals surface area (Å²) in [7, 11) is 0. The monoisotopic (exact) mass is 411 g/mol. The molecule has 4 rings (SSSR count). The van der Waals surface area contributed by atoms with Gasteiger partial charge in [-0.1, -0.05) is 18.2 Å². The Balaban J connectivity index is 1.74. The first-order valence-corrected chi connectivity index (χ1v) is 9.81. The number of aromatic nitrogens is 1. The van der Waals surface area contributed by atoms with Crippen LogP contribution in [0.3, 0.4) is 0 Å². The molecular formula is C22H22FN3O4. The van der Waals surface area contributed by atoms with Crippen molar-refractivity contribution in [2.45, 2.75) is 6.04 Å². The zero-order valence-electron chi connectivity index (χ0n) is 16.3.